The highest BCUT2D eigenvalue weighted by atomic mass is 32.2. The molecule has 19 heteroatoms. The van der Waals surface area contributed by atoms with Gasteiger partial charge in [-0.05, 0) is 81.8 Å². The number of rotatable bonds is 16. The van der Waals surface area contributed by atoms with Gasteiger partial charge in [0.05, 0.1) is 37.0 Å². The molecule has 2 aromatic heterocycles. The molecule has 0 bridgehead atoms. The number of nitrogens with one attached hydrogen (secondary N) is 2. The maximum absolute atomic E-state index is 16.4. The minimum absolute atomic E-state index is 0.0273. The van der Waals surface area contributed by atoms with E-state index in [1.165, 1.54) is 28.0 Å². The summed E-state index contributed by atoms with van der Waals surface area (Å²) in [4.78, 5) is 58.5. The number of aliphatic hydroxyl groups excluding tert-OH is 1. The van der Waals surface area contributed by atoms with Crippen molar-refractivity contribution in [3.05, 3.63) is 95.9 Å². The first kappa shape index (κ1) is 45.1. The number of pyridine rings is 1. The maximum Gasteiger partial charge on any atom is 0.343 e. The second-order valence-electron chi connectivity index (χ2n) is 14.8. The number of aliphatic hydroxyl groups is 1. The summed E-state index contributed by atoms with van der Waals surface area (Å²) in [6.45, 7) is 8.00. The zero-order chi connectivity index (χ0) is 43.0. The average Bonchev–Trinajstić information content (AvgIpc) is 4.01. The highest BCUT2D eigenvalue weighted by Crippen LogP contribution is 2.40. The number of nitrogens with zero attached hydrogens (tertiary/aromatic N) is 4. The standard InChI is InChI=1S/C39H48F2N6O7.CH4O3S/c1-4-26-19-27(8-7-24(26)2)42-32-21-33(49)46(39(52)43-32)12-6-5-11-44-13-14-45(22-25(44)3)36-31(40)20-29-35(34(36)41)47(28-9-10-28)23-30(37(29)50)38(51)54-18-17-53-16-15-48;1-5(2,3)4/h7-8,19-21,23,25,28,42,48H,4-6,9-18,22H2,1-3H3,(H,43,52);1H3,(H,2,3,4)/t25-;/m0./s1. The number of hydrogen-bond donors (Lipinski definition) is 4. The Morgan fingerprint density at radius 3 is 2.39 bits per heavy atom. The molecule has 4 N–H and O–H groups in total. The largest absolute Gasteiger partial charge is 0.459 e. The second kappa shape index (κ2) is 19.9. The van der Waals surface area contributed by atoms with Crippen LogP contribution in [0.1, 0.15) is 67.1 Å². The number of esters is 1. The summed E-state index contributed by atoms with van der Waals surface area (Å²) in [5, 5.41) is 11.7. The Hall–Kier alpha value is -4.95. The first-order valence-electron chi connectivity index (χ1n) is 19.5. The monoisotopic (exact) mass is 846 g/mol. The van der Waals surface area contributed by atoms with Gasteiger partial charge in [-0.25, -0.2) is 18.4 Å². The van der Waals surface area contributed by atoms with Crippen LogP contribution in [0.25, 0.3) is 10.9 Å². The van der Waals surface area contributed by atoms with Crippen molar-refractivity contribution >= 4 is 44.2 Å². The van der Waals surface area contributed by atoms with Crippen LogP contribution in [0, 0.1) is 18.6 Å². The molecule has 0 radical (unpaired) electrons. The van der Waals surface area contributed by atoms with Crippen molar-refractivity contribution in [1.29, 1.82) is 0 Å². The number of anilines is 3. The quantitative estimate of drug-likeness (QED) is 0.0722. The van der Waals surface area contributed by atoms with E-state index in [-0.39, 0.29) is 67.2 Å². The molecule has 2 aliphatic rings. The van der Waals surface area contributed by atoms with Crippen LogP contribution in [0.3, 0.4) is 0 Å². The van der Waals surface area contributed by atoms with Gasteiger partial charge >= 0.3 is 11.7 Å². The van der Waals surface area contributed by atoms with E-state index in [9.17, 15) is 27.6 Å². The van der Waals surface area contributed by atoms with Gasteiger partial charge in [0.2, 0.25) is 5.43 Å². The molecule has 1 saturated carbocycles. The predicted octanol–water partition coefficient (Wildman–Crippen LogP) is 3.74. The number of benzene rings is 2. The van der Waals surface area contributed by atoms with Crippen LogP contribution in [0.15, 0.2) is 50.9 Å². The third-order valence-corrected chi connectivity index (χ3v) is 10.2. The Labute approximate surface area is 340 Å². The number of aromatic amines is 1. The second-order valence-corrected chi connectivity index (χ2v) is 16.2. The number of fused-ring (bicyclic) bond motifs is 1. The molecule has 3 heterocycles. The topological polar surface area (TPSA) is 205 Å². The van der Waals surface area contributed by atoms with Crippen LogP contribution in [-0.4, -0.2) is 108 Å². The highest BCUT2D eigenvalue weighted by Gasteiger charge is 2.33. The van der Waals surface area contributed by atoms with E-state index < -0.39 is 44.4 Å². The number of carbonyl (C=O) groups excluding carboxylic acids is 1. The molecule has 4 aromatic rings. The molecule has 2 aromatic carbocycles. The van der Waals surface area contributed by atoms with Crippen LogP contribution < -0.4 is 26.9 Å². The van der Waals surface area contributed by atoms with Crippen molar-refractivity contribution in [3.8, 4) is 0 Å². The van der Waals surface area contributed by atoms with Crippen molar-refractivity contribution in [3.63, 3.8) is 0 Å². The number of H-pyrrole nitrogens is 1. The lowest BCUT2D eigenvalue weighted by molar-refractivity contribution is 0.0256. The molecule has 1 aliphatic heterocycles. The molecule has 0 amide bonds. The first-order valence-corrected chi connectivity index (χ1v) is 21.4. The van der Waals surface area contributed by atoms with Crippen LogP contribution >= 0.6 is 0 Å². The molecule has 322 valence electrons. The minimum atomic E-state index is -3.67. The van der Waals surface area contributed by atoms with E-state index in [1.54, 1.807) is 9.47 Å². The lowest BCUT2D eigenvalue weighted by Crippen LogP contribution is -2.52. The zero-order valence-corrected chi connectivity index (χ0v) is 34.4. The molecule has 1 aliphatic carbocycles. The molecule has 1 saturated heterocycles. The Balaban J connectivity index is 0.00000125. The number of carbonyl (C=O) groups is 1. The van der Waals surface area contributed by atoms with Gasteiger partial charge in [0, 0.05) is 56.2 Å². The third-order valence-electron chi connectivity index (χ3n) is 10.2. The van der Waals surface area contributed by atoms with Gasteiger partial charge in [-0.2, -0.15) is 8.42 Å². The number of ether oxygens (including phenoxy) is 2. The fourth-order valence-corrected chi connectivity index (χ4v) is 7.15. The van der Waals surface area contributed by atoms with E-state index in [0.717, 1.165) is 31.0 Å². The SMILES string of the molecule is CCc1cc(Nc2cc(=O)n(CCCCN3CCN(c4c(F)cc5c(=O)c(C(=O)OCCOCCO)cn(C6CC6)c5c4F)C[C@@H]3C)c(=O)[nH]2)ccc1C.CS(=O)(=O)O. The van der Waals surface area contributed by atoms with Crippen molar-refractivity contribution in [2.24, 2.45) is 0 Å². The Morgan fingerprint density at radius 2 is 1.75 bits per heavy atom. The average molecular weight is 847 g/mol. The number of aryl methyl sites for hydroxylation is 2. The number of piperazine rings is 1. The molecular formula is C40H52F2N6O10S. The first-order chi connectivity index (χ1) is 28.0. The predicted molar refractivity (Wildman–Crippen MR) is 220 cm³/mol. The number of unbranched alkanes of at least 4 members (excludes halogenated alkanes) is 1. The Kier molecular flexibility index (Phi) is 15.2. The van der Waals surface area contributed by atoms with Gasteiger partial charge in [-0.3, -0.25) is 28.6 Å². The minimum Gasteiger partial charge on any atom is -0.459 e. The van der Waals surface area contributed by atoms with Crippen LogP contribution in [0.5, 0.6) is 0 Å². The Bertz CT molecular complexity index is 2390. The van der Waals surface area contributed by atoms with Gasteiger partial charge in [0.25, 0.3) is 15.7 Å². The van der Waals surface area contributed by atoms with Crippen molar-refractivity contribution in [2.45, 2.75) is 71.5 Å². The van der Waals surface area contributed by atoms with Crippen molar-refractivity contribution in [1.82, 2.24) is 19.0 Å². The van der Waals surface area contributed by atoms with Gasteiger partial charge in [0.15, 0.2) is 5.82 Å². The Morgan fingerprint density at radius 1 is 1.03 bits per heavy atom. The number of hydrogen-bond acceptors (Lipinski definition) is 12. The summed E-state index contributed by atoms with van der Waals surface area (Å²) in [6.07, 6.45) is 5.63. The van der Waals surface area contributed by atoms with Crippen LogP contribution in [0.2, 0.25) is 0 Å². The van der Waals surface area contributed by atoms with Crippen LogP contribution in [0.4, 0.5) is 26.0 Å². The molecule has 1 atom stereocenters. The van der Waals surface area contributed by atoms with Crippen LogP contribution in [-0.2, 0) is 32.6 Å². The molecule has 16 nitrogen and oxygen atoms in total. The fraction of sp³-hybridized carbons (Fsp3) is 0.500. The van der Waals surface area contributed by atoms with E-state index in [2.05, 4.69) is 22.1 Å². The smallest absolute Gasteiger partial charge is 0.343 e. The van der Waals surface area contributed by atoms with E-state index in [4.69, 9.17) is 19.1 Å². The van der Waals surface area contributed by atoms with Gasteiger partial charge in [-0.1, -0.05) is 13.0 Å². The molecule has 0 spiro atoms. The molecular weight excluding hydrogens is 795 g/mol. The summed E-state index contributed by atoms with van der Waals surface area (Å²) in [5.74, 6) is -2.30. The van der Waals surface area contributed by atoms with Crippen molar-refractivity contribution in [2.75, 3.05) is 69.1 Å². The van der Waals surface area contributed by atoms with E-state index in [1.807, 2.05) is 32.0 Å². The summed E-state index contributed by atoms with van der Waals surface area (Å²) in [5.41, 5.74) is 0.899. The number of aromatic nitrogens is 3. The fourth-order valence-electron chi connectivity index (χ4n) is 7.15. The van der Waals surface area contributed by atoms with E-state index >= 15 is 8.78 Å². The van der Waals surface area contributed by atoms with Gasteiger partial charge < -0.3 is 29.4 Å². The normalized spacial score (nSPS) is 15.9. The molecule has 2 fully saturated rings. The maximum atomic E-state index is 16.4. The summed E-state index contributed by atoms with van der Waals surface area (Å²) < 4.78 is 71.0. The summed E-state index contributed by atoms with van der Waals surface area (Å²) in [7, 11) is -3.67. The van der Waals surface area contributed by atoms with E-state index in [0.29, 0.717) is 51.1 Å². The van der Waals surface area contributed by atoms with Crippen molar-refractivity contribution < 1.29 is 41.1 Å². The molecule has 0 unspecified atom stereocenters. The van der Waals surface area contributed by atoms with Gasteiger partial charge in [-0.15, -0.1) is 0 Å². The highest BCUT2D eigenvalue weighted by molar-refractivity contribution is 7.85. The molecule has 59 heavy (non-hydrogen) atoms. The van der Waals surface area contributed by atoms with Gasteiger partial charge in [0.1, 0.15) is 29.5 Å². The third kappa shape index (κ3) is 11.8. The zero-order valence-electron chi connectivity index (χ0n) is 33.6. The molecule has 6 rings (SSSR count). The summed E-state index contributed by atoms with van der Waals surface area (Å²) in [6, 6.07) is 8.10. The lowest BCUT2D eigenvalue weighted by atomic mass is 10.1. The number of halogens is 2. The summed E-state index contributed by atoms with van der Waals surface area (Å²) >= 11 is 0. The lowest BCUT2D eigenvalue weighted by Gasteiger charge is -2.41.